The van der Waals surface area contributed by atoms with Crippen molar-refractivity contribution >= 4 is 29.6 Å². The van der Waals surface area contributed by atoms with Gasteiger partial charge in [-0.05, 0) is 66.9 Å². The number of urea groups is 1. The van der Waals surface area contributed by atoms with Gasteiger partial charge in [-0.15, -0.1) is 0 Å². The second kappa shape index (κ2) is 8.87. The third kappa shape index (κ3) is 4.04. The molecule has 3 heterocycles. The Morgan fingerprint density at radius 3 is 2.14 bits per heavy atom. The van der Waals surface area contributed by atoms with Gasteiger partial charge < -0.3 is 4.57 Å². The van der Waals surface area contributed by atoms with E-state index >= 15 is 0 Å². The Kier molecular flexibility index (Phi) is 5.58. The van der Waals surface area contributed by atoms with Crippen molar-refractivity contribution in [1.29, 1.82) is 0 Å². The maximum atomic E-state index is 13.1. The van der Waals surface area contributed by atoms with E-state index < -0.39 is 17.8 Å². The van der Waals surface area contributed by atoms with E-state index in [2.05, 4.69) is 39.1 Å². The Bertz CT molecular complexity index is 1470. The quantitative estimate of drug-likeness (QED) is 0.348. The molecule has 7 heteroatoms. The number of anilines is 1. The Labute approximate surface area is 202 Å². The van der Waals surface area contributed by atoms with Crippen LogP contribution in [0, 0.1) is 13.8 Å². The summed E-state index contributed by atoms with van der Waals surface area (Å²) in [6.45, 7) is 3.90. The van der Waals surface area contributed by atoms with Crippen molar-refractivity contribution in [2.45, 2.75) is 13.8 Å². The second-order valence-electron chi connectivity index (χ2n) is 8.24. The molecule has 35 heavy (non-hydrogen) atoms. The lowest BCUT2D eigenvalue weighted by Crippen LogP contribution is -2.54. The highest BCUT2D eigenvalue weighted by atomic mass is 16.2. The molecule has 172 valence electrons. The zero-order valence-electron chi connectivity index (χ0n) is 19.2. The number of carbonyl (C=O) groups is 3. The third-order valence-corrected chi connectivity index (χ3v) is 6.03. The number of aromatic nitrogens is 2. The van der Waals surface area contributed by atoms with Crippen LogP contribution in [0.3, 0.4) is 0 Å². The molecule has 2 aromatic carbocycles. The van der Waals surface area contributed by atoms with Crippen LogP contribution in [0.5, 0.6) is 0 Å². The maximum absolute atomic E-state index is 13.1. The first kappa shape index (κ1) is 22.0. The molecule has 2 aromatic heterocycles. The van der Waals surface area contributed by atoms with E-state index in [-0.39, 0.29) is 5.57 Å². The van der Waals surface area contributed by atoms with Gasteiger partial charge in [-0.2, -0.15) is 0 Å². The summed E-state index contributed by atoms with van der Waals surface area (Å²) in [4.78, 5) is 42.9. The van der Waals surface area contributed by atoms with Crippen LogP contribution in [-0.4, -0.2) is 27.4 Å². The lowest BCUT2D eigenvalue weighted by Gasteiger charge is -2.26. The van der Waals surface area contributed by atoms with Gasteiger partial charge in [-0.25, -0.2) is 9.69 Å². The number of carbonyl (C=O) groups excluding carboxylic acids is 3. The van der Waals surface area contributed by atoms with E-state index in [4.69, 9.17) is 0 Å². The average molecular weight is 463 g/mol. The zero-order chi connectivity index (χ0) is 24.5. The molecule has 1 fully saturated rings. The van der Waals surface area contributed by atoms with Gasteiger partial charge in [0.05, 0.1) is 5.69 Å². The number of rotatable bonds is 4. The summed E-state index contributed by atoms with van der Waals surface area (Å²) in [6.07, 6.45) is 4.49. The van der Waals surface area contributed by atoms with Crippen molar-refractivity contribution in [3.05, 3.63) is 108 Å². The minimum atomic E-state index is -0.785. The van der Waals surface area contributed by atoms with Gasteiger partial charge in [0.25, 0.3) is 11.8 Å². The predicted octanol–water partition coefficient (Wildman–Crippen LogP) is 4.82. The number of pyridine rings is 1. The fourth-order valence-corrected chi connectivity index (χ4v) is 4.31. The Balaban J connectivity index is 1.50. The Morgan fingerprint density at radius 1 is 0.800 bits per heavy atom. The first-order chi connectivity index (χ1) is 16.9. The van der Waals surface area contributed by atoms with Gasteiger partial charge in [-0.3, -0.25) is 19.9 Å². The number of barbiturate groups is 1. The summed E-state index contributed by atoms with van der Waals surface area (Å²) < 4.78 is 2.07. The Morgan fingerprint density at radius 2 is 1.46 bits per heavy atom. The van der Waals surface area contributed by atoms with Crippen LogP contribution in [0.1, 0.15) is 17.0 Å². The van der Waals surface area contributed by atoms with Gasteiger partial charge in [-0.1, -0.05) is 42.5 Å². The van der Waals surface area contributed by atoms with Crippen molar-refractivity contribution in [3.63, 3.8) is 0 Å². The number of nitrogens with zero attached hydrogens (tertiary/aromatic N) is 3. The van der Waals surface area contributed by atoms with Crippen LogP contribution in [0.15, 0.2) is 90.8 Å². The van der Waals surface area contributed by atoms with Crippen molar-refractivity contribution < 1.29 is 14.4 Å². The van der Waals surface area contributed by atoms with Crippen LogP contribution >= 0.6 is 0 Å². The molecule has 4 aromatic rings. The highest BCUT2D eigenvalue weighted by Gasteiger charge is 2.37. The fourth-order valence-electron chi connectivity index (χ4n) is 4.31. The van der Waals surface area contributed by atoms with Crippen LogP contribution in [-0.2, 0) is 9.59 Å². The van der Waals surface area contributed by atoms with E-state index in [9.17, 15) is 14.4 Å². The lowest BCUT2D eigenvalue weighted by atomic mass is 10.1. The van der Waals surface area contributed by atoms with Crippen LogP contribution in [0.4, 0.5) is 10.5 Å². The number of hydrogen-bond donors (Lipinski definition) is 1. The molecule has 0 spiro atoms. The third-order valence-electron chi connectivity index (χ3n) is 6.03. The molecule has 0 aliphatic carbocycles. The van der Waals surface area contributed by atoms with Crippen molar-refractivity contribution in [2.75, 3.05) is 4.90 Å². The molecule has 0 radical (unpaired) electrons. The number of amides is 4. The molecular formula is C28H22N4O3. The smallest absolute Gasteiger partial charge is 0.318 e. The molecule has 0 saturated carbocycles. The largest absolute Gasteiger partial charge is 0.335 e. The SMILES string of the molecule is Cc1cc(/C=C2/C(=O)NC(=O)N(c3ccncc3)C2=O)c(C)n1-c1ccc(-c2ccccc2)cc1. The van der Waals surface area contributed by atoms with Gasteiger partial charge in [0, 0.05) is 29.5 Å². The summed E-state index contributed by atoms with van der Waals surface area (Å²) in [5.74, 6) is -1.40. The van der Waals surface area contributed by atoms with Crippen LogP contribution in [0.2, 0.25) is 0 Å². The summed E-state index contributed by atoms with van der Waals surface area (Å²) in [5, 5.41) is 2.25. The molecule has 1 saturated heterocycles. The van der Waals surface area contributed by atoms with Gasteiger partial charge in [0.1, 0.15) is 5.57 Å². The highest BCUT2D eigenvalue weighted by Crippen LogP contribution is 2.27. The molecule has 1 N–H and O–H groups in total. The van der Waals surface area contributed by atoms with E-state index in [0.717, 1.165) is 38.7 Å². The van der Waals surface area contributed by atoms with Crippen molar-refractivity contribution in [2.24, 2.45) is 0 Å². The minimum Gasteiger partial charge on any atom is -0.318 e. The van der Waals surface area contributed by atoms with Gasteiger partial charge in [0.15, 0.2) is 0 Å². The van der Waals surface area contributed by atoms with E-state index in [0.29, 0.717) is 5.69 Å². The summed E-state index contributed by atoms with van der Waals surface area (Å²) >= 11 is 0. The number of hydrogen-bond acceptors (Lipinski definition) is 4. The fraction of sp³-hybridized carbons (Fsp3) is 0.0714. The zero-order valence-corrected chi connectivity index (χ0v) is 19.2. The molecule has 1 aliphatic heterocycles. The summed E-state index contributed by atoms with van der Waals surface area (Å²) in [7, 11) is 0. The molecule has 0 bridgehead atoms. The molecule has 5 rings (SSSR count). The predicted molar refractivity (Wildman–Crippen MR) is 134 cm³/mol. The maximum Gasteiger partial charge on any atom is 0.335 e. The second-order valence-corrected chi connectivity index (χ2v) is 8.24. The molecule has 4 amide bonds. The average Bonchev–Trinajstić information content (AvgIpc) is 3.15. The van der Waals surface area contributed by atoms with E-state index in [1.54, 1.807) is 0 Å². The molecule has 0 unspecified atom stereocenters. The van der Waals surface area contributed by atoms with Crippen LogP contribution < -0.4 is 10.2 Å². The first-order valence-corrected chi connectivity index (χ1v) is 11.1. The number of imide groups is 2. The van der Waals surface area contributed by atoms with E-state index in [1.807, 2.05) is 50.2 Å². The summed E-state index contributed by atoms with van der Waals surface area (Å²) in [6, 6.07) is 22.6. The number of benzene rings is 2. The molecule has 0 atom stereocenters. The van der Waals surface area contributed by atoms with Gasteiger partial charge >= 0.3 is 6.03 Å². The Hall–Kier alpha value is -4.78. The standard InChI is InChI=1S/C28H22N4O3/c1-18-16-22(17-25-26(33)30-28(35)32(27(25)34)24-12-14-29-15-13-24)19(2)31(18)23-10-8-21(9-11-23)20-6-4-3-5-7-20/h3-17H,1-2H3,(H,30,33,35)/b25-17-. The number of aryl methyl sites for hydroxylation is 1. The van der Waals surface area contributed by atoms with E-state index in [1.165, 1.54) is 30.6 Å². The monoisotopic (exact) mass is 462 g/mol. The molecule has 7 nitrogen and oxygen atoms in total. The molecular weight excluding hydrogens is 440 g/mol. The lowest BCUT2D eigenvalue weighted by molar-refractivity contribution is -0.122. The van der Waals surface area contributed by atoms with Crippen molar-refractivity contribution in [3.8, 4) is 16.8 Å². The first-order valence-electron chi connectivity index (χ1n) is 11.1. The van der Waals surface area contributed by atoms with Gasteiger partial charge in [0.2, 0.25) is 0 Å². The molecule has 1 aliphatic rings. The van der Waals surface area contributed by atoms with Crippen molar-refractivity contribution in [1.82, 2.24) is 14.9 Å². The topological polar surface area (TPSA) is 84.3 Å². The normalized spacial score (nSPS) is 15.0. The summed E-state index contributed by atoms with van der Waals surface area (Å²) in [5.41, 5.74) is 5.99. The minimum absolute atomic E-state index is 0.110. The highest BCUT2D eigenvalue weighted by molar-refractivity contribution is 6.39. The number of nitrogens with one attached hydrogen (secondary N) is 1. The van der Waals surface area contributed by atoms with Crippen LogP contribution in [0.25, 0.3) is 22.9 Å².